The van der Waals surface area contributed by atoms with E-state index in [9.17, 15) is 4.79 Å². The Morgan fingerprint density at radius 3 is 2.65 bits per heavy atom. The third-order valence-corrected chi connectivity index (χ3v) is 3.54. The number of carboxylic acid groups (broad SMARTS) is 1. The van der Waals surface area contributed by atoms with Crippen LogP contribution in [0.4, 0.5) is 0 Å². The van der Waals surface area contributed by atoms with E-state index >= 15 is 0 Å². The standard InChI is InChI=1S/C12H22N2O3/c15-4-3-14-7-9(6-12(16)17)5-11(8-14)13-10-1-2-10/h9-11,13,15H,1-8H2,(H,16,17). The first-order chi connectivity index (χ1) is 8.17. The molecule has 1 saturated carbocycles. The van der Waals surface area contributed by atoms with Gasteiger partial charge in [0.15, 0.2) is 0 Å². The van der Waals surface area contributed by atoms with E-state index in [1.54, 1.807) is 0 Å². The van der Waals surface area contributed by atoms with Crippen molar-refractivity contribution in [1.29, 1.82) is 0 Å². The highest BCUT2D eigenvalue weighted by Gasteiger charge is 2.32. The number of nitrogens with one attached hydrogen (secondary N) is 1. The zero-order chi connectivity index (χ0) is 12.3. The molecule has 0 aromatic carbocycles. The Hall–Kier alpha value is -0.650. The summed E-state index contributed by atoms with van der Waals surface area (Å²) in [5.74, 6) is -0.505. The molecule has 1 heterocycles. The first-order valence-corrected chi connectivity index (χ1v) is 6.48. The van der Waals surface area contributed by atoms with Crippen LogP contribution >= 0.6 is 0 Å². The first kappa shape index (κ1) is 12.8. The van der Waals surface area contributed by atoms with Gasteiger partial charge in [-0.2, -0.15) is 0 Å². The van der Waals surface area contributed by atoms with E-state index in [0.717, 1.165) is 19.5 Å². The molecule has 1 aliphatic carbocycles. The number of β-amino-alcohol motifs (C(OH)–C–C–N with tert-alkyl or cyclic N) is 1. The Morgan fingerprint density at radius 2 is 2.06 bits per heavy atom. The molecule has 2 fully saturated rings. The number of carbonyl (C=O) groups is 1. The highest BCUT2D eigenvalue weighted by Crippen LogP contribution is 2.25. The Balaban J connectivity index is 1.85. The molecule has 17 heavy (non-hydrogen) atoms. The van der Waals surface area contributed by atoms with Gasteiger partial charge in [-0.3, -0.25) is 9.69 Å². The van der Waals surface area contributed by atoms with Gasteiger partial charge in [0, 0.05) is 38.1 Å². The molecule has 1 saturated heterocycles. The van der Waals surface area contributed by atoms with Crippen LogP contribution in [0.1, 0.15) is 25.7 Å². The van der Waals surface area contributed by atoms with Gasteiger partial charge < -0.3 is 15.5 Å². The Bertz CT molecular complexity index is 268. The second-order valence-corrected chi connectivity index (χ2v) is 5.32. The number of carboxylic acids is 1. The number of nitrogens with zero attached hydrogens (tertiary/aromatic N) is 1. The lowest BCUT2D eigenvalue weighted by atomic mass is 9.91. The molecule has 98 valence electrons. The second kappa shape index (κ2) is 5.80. The summed E-state index contributed by atoms with van der Waals surface area (Å²) in [7, 11) is 0. The van der Waals surface area contributed by atoms with Gasteiger partial charge in [-0.15, -0.1) is 0 Å². The third kappa shape index (κ3) is 4.26. The van der Waals surface area contributed by atoms with Crippen LogP contribution < -0.4 is 5.32 Å². The fraction of sp³-hybridized carbons (Fsp3) is 0.917. The molecule has 0 amide bonds. The topological polar surface area (TPSA) is 72.8 Å². The van der Waals surface area contributed by atoms with Crippen LogP contribution in [0.2, 0.25) is 0 Å². The van der Waals surface area contributed by atoms with Crippen LogP contribution in [0.5, 0.6) is 0 Å². The maximum absolute atomic E-state index is 10.8. The van der Waals surface area contributed by atoms with Crippen LogP contribution in [-0.2, 0) is 4.79 Å². The number of rotatable bonds is 6. The third-order valence-electron chi connectivity index (χ3n) is 3.54. The van der Waals surface area contributed by atoms with Gasteiger partial charge in [0.1, 0.15) is 0 Å². The van der Waals surface area contributed by atoms with E-state index in [1.807, 2.05) is 0 Å². The molecule has 2 rings (SSSR count). The van der Waals surface area contributed by atoms with E-state index in [-0.39, 0.29) is 18.9 Å². The van der Waals surface area contributed by atoms with Crippen molar-refractivity contribution in [2.45, 2.75) is 37.8 Å². The number of hydrogen-bond donors (Lipinski definition) is 3. The van der Waals surface area contributed by atoms with Crippen molar-refractivity contribution in [2.75, 3.05) is 26.2 Å². The normalized spacial score (nSPS) is 30.4. The smallest absolute Gasteiger partial charge is 0.303 e. The maximum atomic E-state index is 10.8. The van der Waals surface area contributed by atoms with E-state index in [4.69, 9.17) is 10.2 Å². The molecule has 2 unspecified atom stereocenters. The Labute approximate surface area is 102 Å². The van der Waals surface area contributed by atoms with Crippen LogP contribution in [0, 0.1) is 5.92 Å². The van der Waals surface area contributed by atoms with Crippen LogP contribution in [0.15, 0.2) is 0 Å². The zero-order valence-electron chi connectivity index (χ0n) is 10.1. The van der Waals surface area contributed by atoms with Crippen LogP contribution in [0.25, 0.3) is 0 Å². The number of aliphatic hydroxyl groups excluding tert-OH is 1. The fourth-order valence-electron chi connectivity index (χ4n) is 2.73. The molecule has 0 radical (unpaired) electrons. The maximum Gasteiger partial charge on any atom is 0.303 e. The van der Waals surface area contributed by atoms with Gasteiger partial charge in [-0.1, -0.05) is 0 Å². The van der Waals surface area contributed by atoms with Gasteiger partial charge in [0.25, 0.3) is 0 Å². The first-order valence-electron chi connectivity index (χ1n) is 6.48. The van der Waals surface area contributed by atoms with Crippen molar-refractivity contribution in [3.05, 3.63) is 0 Å². The van der Waals surface area contributed by atoms with Gasteiger partial charge >= 0.3 is 5.97 Å². The average Bonchev–Trinajstić information content (AvgIpc) is 3.00. The SMILES string of the molecule is O=C(O)CC1CC(NC2CC2)CN(CCO)C1. The quantitative estimate of drug-likeness (QED) is 0.606. The largest absolute Gasteiger partial charge is 0.481 e. The molecule has 1 aliphatic heterocycles. The summed E-state index contributed by atoms with van der Waals surface area (Å²) < 4.78 is 0. The molecule has 0 aromatic rings. The lowest BCUT2D eigenvalue weighted by molar-refractivity contribution is -0.138. The van der Waals surface area contributed by atoms with Crippen molar-refractivity contribution in [3.63, 3.8) is 0 Å². The van der Waals surface area contributed by atoms with Gasteiger partial charge in [-0.25, -0.2) is 0 Å². The summed E-state index contributed by atoms with van der Waals surface area (Å²) in [5.41, 5.74) is 0. The molecule has 5 nitrogen and oxygen atoms in total. The monoisotopic (exact) mass is 242 g/mol. The highest BCUT2D eigenvalue weighted by molar-refractivity contribution is 5.67. The lowest BCUT2D eigenvalue weighted by Gasteiger charge is -2.37. The Kier molecular flexibility index (Phi) is 4.36. The molecule has 0 aromatic heterocycles. The van der Waals surface area contributed by atoms with Gasteiger partial charge in [0.05, 0.1) is 6.61 Å². The number of aliphatic carboxylic acids is 1. The van der Waals surface area contributed by atoms with Gasteiger partial charge in [-0.05, 0) is 25.2 Å². The molecular formula is C12H22N2O3. The van der Waals surface area contributed by atoms with Crippen molar-refractivity contribution >= 4 is 5.97 Å². The summed E-state index contributed by atoms with van der Waals surface area (Å²) in [5, 5.41) is 21.4. The molecule has 3 N–H and O–H groups in total. The molecule has 0 spiro atoms. The summed E-state index contributed by atoms with van der Waals surface area (Å²) in [6.45, 7) is 2.54. The van der Waals surface area contributed by atoms with Crippen LogP contribution in [0.3, 0.4) is 0 Å². The molecule has 2 atom stereocenters. The number of likely N-dealkylation sites (tertiary alicyclic amines) is 1. The van der Waals surface area contributed by atoms with Crippen molar-refractivity contribution in [1.82, 2.24) is 10.2 Å². The number of hydrogen-bond acceptors (Lipinski definition) is 4. The predicted octanol–water partition coefficient (Wildman–Crippen LogP) is -0.104. The predicted molar refractivity (Wildman–Crippen MR) is 63.8 cm³/mol. The minimum Gasteiger partial charge on any atom is -0.481 e. The molecule has 5 heteroatoms. The fourth-order valence-corrected chi connectivity index (χ4v) is 2.73. The van der Waals surface area contributed by atoms with Crippen molar-refractivity contribution in [3.8, 4) is 0 Å². The molecular weight excluding hydrogens is 220 g/mol. The average molecular weight is 242 g/mol. The summed E-state index contributed by atoms with van der Waals surface area (Å²) in [4.78, 5) is 13.0. The van der Waals surface area contributed by atoms with Crippen LogP contribution in [-0.4, -0.2) is 59.4 Å². The minimum atomic E-state index is -0.717. The van der Waals surface area contributed by atoms with Crippen molar-refractivity contribution in [2.24, 2.45) is 5.92 Å². The summed E-state index contributed by atoms with van der Waals surface area (Å²) in [6.07, 6.45) is 3.69. The van der Waals surface area contributed by atoms with E-state index in [1.165, 1.54) is 12.8 Å². The van der Waals surface area contributed by atoms with Gasteiger partial charge in [0.2, 0.25) is 0 Å². The Morgan fingerprint density at radius 1 is 1.29 bits per heavy atom. The number of aliphatic hydroxyl groups is 1. The van der Waals surface area contributed by atoms with E-state index in [2.05, 4.69) is 10.2 Å². The van der Waals surface area contributed by atoms with Crippen molar-refractivity contribution < 1.29 is 15.0 Å². The summed E-state index contributed by atoms with van der Waals surface area (Å²) >= 11 is 0. The summed E-state index contributed by atoms with van der Waals surface area (Å²) in [6, 6.07) is 1.05. The minimum absolute atomic E-state index is 0.149. The highest BCUT2D eigenvalue weighted by atomic mass is 16.4. The zero-order valence-corrected chi connectivity index (χ0v) is 10.1. The second-order valence-electron chi connectivity index (χ2n) is 5.32. The molecule has 2 aliphatic rings. The van der Waals surface area contributed by atoms with E-state index < -0.39 is 5.97 Å². The molecule has 0 bridgehead atoms. The lowest BCUT2D eigenvalue weighted by Crippen LogP contribution is -2.50. The van der Waals surface area contributed by atoms with E-state index in [0.29, 0.717) is 18.6 Å². The number of piperidine rings is 1.